The van der Waals surface area contributed by atoms with Crippen molar-refractivity contribution in [3.05, 3.63) is 29.8 Å². The van der Waals surface area contributed by atoms with Gasteiger partial charge in [0.2, 0.25) is 0 Å². The minimum Gasteiger partial charge on any atom is -0.391 e. The van der Waals surface area contributed by atoms with E-state index in [9.17, 15) is 5.11 Å². The zero-order valence-corrected chi connectivity index (χ0v) is 8.25. The van der Waals surface area contributed by atoms with E-state index < -0.39 is 0 Å². The number of rotatable bonds is 4. The van der Waals surface area contributed by atoms with Crippen molar-refractivity contribution >= 4 is 5.69 Å². The van der Waals surface area contributed by atoms with Crippen LogP contribution in [-0.4, -0.2) is 17.8 Å². The largest absolute Gasteiger partial charge is 0.391 e. The standard InChI is InChI=1S/C11H17NO/c1-3-11(13)8-12-10-6-4-9(2)5-7-10/h4-7,11-13H,3,8H2,1-2H3. The molecule has 1 unspecified atom stereocenters. The van der Waals surface area contributed by atoms with E-state index in [4.69, 9.17) is 0 Å². The molecule has 0 aliphatic heterocycles. The summed E-state index contributed by atoms with van der Waals surface area (Å²) in [6.45, 7) is 4.66. The number of nitrogens with one attached hydrogen (secondary N) is 1. The molecule has 72 valence electrons. The first-order chi connectivity index (χ1) is 6.22. The van der Waals surface area contributed by atoms with Crippen LogP contribution < -0.4 is 5.32 Å². The van der Waals surface area contributed by atoms with E-state index in [-0.39, 0.29) is 6.10 Å². The lowest BCUT2D eigenvalue weighted by molar-refractivity contribution is 0.183. The van der Waals surface area contributed by atoms with Gasteiger partial charge in [-0.25, -0.2) is 0 Å². The zero-order valence-electron chi connectivity index (χ0n) is 8.25. The number of aliphatic hydroxyl groups excluding tert-OH is 1. The van der Waals surface area contributed by atoms with Crippen LogP contribution in [0.2, 0.25) is 0 Å². The normalized spacial score (nSPS) is 12.5. The van der Waals surface area contributed by atoms with Gasteiger partial charge in [-0.2, -0.15) is 0 Å². The van der Waals surface area contributed by atoms with Crippen LogP contribution in [0.1, 0.15) is 18.9 Å². The van der Waals surface area contributed by atoms with Crippen molar-refractivity contribution in [3.63, 3.8) is 0 Å². The van der Waals surface area contributed by atoms with Crippen molar-refractivity contribution in [3.8, 4) is 0 Å². The number of hydrogen-bond donors (Lipinski definition) is 2. The highest BCUT2D eigenvalue weighted by Crippen LogP contribution is 2.08. The molecule has 0 aromatic heterocycles. The van der Waals surface area contributed by atoms with Crippen LogP contribution in [0.4, 0.5) is 5.69 Å². The van der Waals surface area contributed by atoms with Gasteiger partial charge in [0.05, 0.1) is 6.10 Å². The second-order valence-electron chi connectivity index (χ2n) is 3.31. The monoisotopic (exact) mass is 179 g/mol. The van der Waals surface area contributed by atoms with E-state index in [0.29, 0.717) is 6.54 Å². The van der Waals surface area contributed by atoms with E-state index in [1.165, 1.54) is 5.56 Å². The van der Waals surface area contributed by atoms with Crippen molar-refractivity contribution in [2.45, 2.75) is 26.4 Å². The number of aliphatic hydroxyl groups is 1. The van der Waals surface area contributed by atoms with Gasteiger partial charge in [-0.3, -0.25) is 0 Å². The van der Waals surface area contributed by atoms with Crippen molar-refractivity contribution in [1.29, 1.82) is 0 Å². The Hall–Kier alpha value is -1.02. The smallest absolute Gasteiger partial charge is 0.0709 e. The summed E-state index contributed by atoms with van der Waals surface area (Å²) in [5.41, 5.74) is 2.32. The summed E-state index contributed by atoms with van der Waals surface area (Å²) >= 11 is 0. The number of anilines is 1. The first-order valence-electron chi connectivity index (χ1n) is 4.71. The van der Waals surface area contributed by atoms with Crippen LogP contribution in [0.3, 0.4) is 0 Å². The predicted octanol–water partition coefficient (Wildman–Crippen LogP) is 2.18. The molecule has 2 nitrogen and oxygen atoms in total. The molecule has 0 saturated heterocycles. The minimum atomic E-state index is -0.249. The summed E-state index contributed by atoms with van der Waals surface area (Å²) < 4.78 is 0. The maximum Gasteiger partial charge on any atom is 0.0709 e. The topological polar surface area (TPSA) is 32.3 Å². The average Bonchev–Trinajstić information content (AvgIpc) is 2.16. The van der Waals surface area contributed by atoms with Crippen molar-refractivity contribution in [2.75, 3.05) is 11.9 Å². The molecule has 0 heterocycles. The average molecular weight is 179 g/mol. The highest BCUT2D eigenvalue weighted by molar-refractivity contribution is 5.44. The SMILES string of the molecule is CCC(O)CNc1ccc(C)cc1. The van der Waals surface area contributed by atoms with Crippen LogP contribution in [0.15, 0.2) is 24.3 Å². The third-order valence-corrected chi connectivity index (χ3v) is 2.06. The summed E-state index contributed by atoms with van der Waals surface area (Å²) in [5, 5.41) is 12.5. The fourth-order valence-corrected chi connectivity index (χ4v) is 1.05. The highest BCUT2D eigenvalue weighted by Gasteiger charge is 1.98. The molecule has 0 fully saturated rings. The number of benzene rings is 1. The van der Waals surface area contributed by atoms with E-state index in [0.717, 1.165) is 12.1 Å². The number of aryl methyl sites for hydroxylation is 1. The van der Waals surface area contributed by atoms with Crippen LogP contribution in [0.5, 0.6) is 0 Å². The first-order valence-corrected chi connectivity index (χ1v) is 4.71. The Labute approximate surface area is 79.6 Å². The van der Waals surface area contributed by atoms with Gasteiger partial charge in [0.1, 0.15) is 0 Å². The molecule has 0 aliphatic rings. The molecule has 1 atom stereocenters. The number of hydrogen-bond acceptors (Lipinski definition) is 2. The second-order valence-corrected chi connectivity index (χ2v) is 3.31. The lowest BCUT2D eigenvalue weighted by Gasteiger charge is -2.10. The predicted molar refractivity (Wildman–Crippen MR) is 56.0 cm³/mol. The lowest BCUT2D eigenvalue weighted by atomic mass is 10.2. The summed E-state index contributed by atoms with van der Waals surface area (Å²) in [6, 6.07) is 8.16. The van der Waals surface area contributed by atoms with Crippen LogP contribution in [0, 0.1) is 6.92 Å². The molecular weight excluding hydrogens is 162 g/mol. The molecule has 2 N–H and O–H groups in total. The molecule has 0 saturated carbocycles. The van der Waals surface area contributed by atoms with Crippen LogP contribution >= 0.6 is 0 Å². The van der Waals surface area contributed by atoms with Crippen molar-refractivity contribution < 1.29 is 5.11 Å². The second kappa shape index (κ2) is 4.87. The maximum absolute atomic E-state index is 9.31. The first kappa shape index (κ1) is 10.1. The Kier molecular flexibility index (Phi) is 3.77. The molecule has 1 rings (SSSR count). The van der Waals surface area contributed by atoms with Gasteiger partial charge in [0.15, 0.2) is 0 Å². The Morgan fingerprint density at radius 1 is 1.31 bits per heavy atom. The van der Waals surface area contributed by atoms with E-state index >= 15 is 0 Å². The summed E-state index contributed by atoms with van der Waals surface area (Å²) in [6.07, 6.45) is 0.542. The van der Waals surface area contributed by atoms with Gasteiger partial charge in [-0.1, -0.05) is 24.6 Å². The fourth-order valence-electron chi connectivity index (χ4n) is 1.05. The molecular formula is C11H17NO. The quantitative estimate of drug-likeness (QED) is 0.742. The molecule has 13 heavy (non-hydrogen) atoms. The highest BCUT2D eigenvalue weighted by atomic mass is 16.3. The van der Waals surface area contributed by atoms with Crippen molar-refractivity contribution in [2.24, 2.45) is 0 Å². The van der Waals surface area contributed by atoms with Gasteiger partial charge in [-0.05, 0) is 25.5 Å². The van der Waals surface area contributed by atoms with Crippen LogP contribution in [0.25, 0.3) is 0 Å². The Balaban J connectivity index is 2.41. The minimum absolute atomic E-state index is 0.249. The molecule has 0 amide bonds. The fraction of sp³-hybridized carbons (Fsp3) is 0.455. The van der Waals surface area contributed by atoms with Gasteiger partial charge < -0.3 is 10.4 Å². The molecule has 0 radical (unpaired) electrons. The molecule has 0 spiro atoms. The van der Waals surface area contributed by atoms with Crippen molar-refractivity contribution in [1.82, 2.24) is 0 Å². The molecule has 2 heteroatoms. The Morgan fingerprint density at radius 2 is 1.92 bits per heavy atom. The summed E-state index contributed by atoms with van der Waals surface area (Å²) in [5.74, 6) is 0. The molecule has 0 aliphatic carbocycles. The van der Waals surface area contributed by atoms with Gasteiger partial charge in [0, 0.05) is 12.2 Å². The molecule has 1 aromatic rings. The van der Waals surface area contributed by atoms with Gasteiger partial charge in [-0.15, -0.1) is 0 Å². The van der Waals surface area contributed by atoms with Gasteiger partial charge >= 0.3 is 0 Å². The van der Waals surface area contributed by atoms with E-state index in [2.05, 4.69) is 24.4 Å². The van der Waals surface area contributed by atoms with Gasteiger partial charge in [0.25, 0.3) is 0 Å². The zero-order chi connectivity index (χ0) is 9.68. The van der Waals surface area contributed by atoms with E-state index in [1.54, 1.807) is 0 Å². The Bertz CT molecular complexity index is 243. The maximum atomic E-state index is 9.31. The lowest BCUT2D eigenvalue weighted by Crippen LogP contribution is -2.17. The van der Waals surface area contributed by atoms with Crippen LogP contribution in [-0.2, 0) is 0 Å². The summed E-state index contributed by atoms with van der Waals surface area (Å²) in [7, 11) is 0. The summed E-state index contributed by atoms with van der Waals surface area (Å²) in [4.78, 5) is 0. The Morgan fingerprint density at radius 3 is 2.46 bits per heavy atom. The third-order valence-electron chi connectivity index (χ3n) is 2.06. The van der Waals surface area contributed by atoms with E-state index in [1.807, 2.05) is 19.1 Å². The third kappa shape index (κ3) is 3.47. The molecule has 1 aromatic carbocycles. The molecule has 0 bridgehead atoms.